The molecule has 0 N–H and O–H groups in total. The molecule has 0 saturated heterocycles. The van der Waals surface area contributed by atoms with Crippen molar-refractivity contribution in [1.29, 1.82) is 0 Å². The van der Waals surface area contributed by atoms with Crippen LogP contribution in [0.3, 0.4) is 0 Å². The summed E-state index contributed by atoms with van der Waals surface area (Å²) in [5, 5.41) is 2.42. The van der Waals surface area contributed by atoms with Gasteiger partial charge in [-0.25, -0.2) is 0 Å². The number of benzene rings is 12. The Bertz CT molecular complexity index is 4290. The van der Waals surface area contributed by atoms with E-state index in [0.29, 0.717) is 0 Å². The minimum Gasteiger partial charge on any atom is -0.308 e. The van der Waals surface area contributed by atoms with Gasteiger partial charge in [-0.1, -0.05) is 243 Å². The average Bonchev–Trinajstić information content (AvgIpc) is 4.30. The molecular formula is C73H48N2. The Morgan fingerprint density at radius 1 is 0.267 bits per heavy atom. The van der Waals surface area contributed by atoms with Crippen LogP contribution < -0.4 is 4.90 Å². The molecule has 1 aromatic heterocycles. The molecule has 0 radical (unpaired) electrons. The van der Waals surface area contributed by atoms with Gasteiger partial charge in [0.2, 0.25) is 0 Å². The van der Waals surface area contributed by atoms with Crippen LogP contribution in [0.2, 0.25) is 0 Å². The highest BCUT2D eigenvalue weighted by molar-refractivity contribution is 6.15. The van der Waals surface area contributed by atoms with E-state index in [1.54, 1.807) is 0 Å². The number of fused-ring (bicyclic) bond motifs is 13. The number of hydrogen-bond acceptors (Lipinski definition) is 1. The lowest BCUT2D eigenvalue weighted by atomic mass is 9.70. The summed E-state index contributed by atoms with van der Waals surface area (Å²) in [6, 6.07) is 108. The Labute approximate surface area is 437 Å². The van der Waals surface area contributed by atoms with Crippen LogP contribution in [0.1, 0.15) is 22.3 Å². The van der Waals surface area contributed by atoms with Crippen LogP contribution in [-0.2, 0) is 5.41 Å². The summed E-state index contributed by atoms with van der Waals surface area (Å²) < 4.78 is 2.45. The van der Waals surface area contributed by atoms with E-state index < -0.39 is 5.41 Å². The summed E-state index contributed by atoms with van der Waals surface area (Å²) in [6.45, 7) is 0. The number of hydrogen-bond donors (Lipinski definition) is 0. The van der Waals surface area contributed by atoms with E-state index in [2.05, 4.69) is 301 Å². The molecule has 0 fully saturated rings. The van der Waals surface area contributed by atoms with Gasteiger partial charge in [0.05, 0.1) is 27.8 Å². The zero-order valence-corrected chi connectivity index (χ0v) is 41.1. The van der Waals surface area contributed by atoms with Gasteiger partial charge in [0, 0.05) is 27.7 Å². The van der Waals surface area contributed by atoms with Crippen LogP contribution in [-0.4, -0.2) is 4.57 Å². The number of rotatable bonds is 8. The molecule has 13 aromatic rings. The molecule has 12 aromatic carbocycles. The van der Waals surface area contributed by atoms with E-state index in [-0.39, 0.29) is 0 Å². The third-order valence-electron chi connectivity index (χ3n) is 16.0. The molecule has 0 unspecified atom stereocenters. The van der Waals surface area contributed by atoms with Crippen molar-refractivity contribution >= 4 is 38.9 Å². The third-order valence-corrected chi connectivity index (χ3v) is 16.0. The fourth-order valence-electron chi connectivity index (χ4n) is 12.9. The Balaban J connectivity index is 0.940. The summed E-state index contributed by atoms with van der Waals surface area (Å²) in [4.78, 5) is 2.50. The van der Waals surface area contributed by atoms with Crippen LogP contribution in [0, 0.1) is 0 Å². The largest absolute Gasteiger partial charge is 0.308 e. The molecule has 1 heterocycles. The van der Waals surface area contributed by atoms with Gasteiger partial charge < -0.3 is 9.47 Å². The van der Waals surface area contributed by atoms with Crippen LogP contribution in [0.5, 0.6) is 0 Å². The topological polar surface area (TPSA) is 8.17 Å². The van der Waals surface area contributed by atoms with E-state index >= 15 is 0 Å². The third kappa shape index (κ3) is 6.46. The Morgan fingerprint density at radius 2 is 0.720 bits per heavy atom. The molecule has 2 aliphatic carbocycles. The molecule has 2 aliphatic rings. The van der Waals surface area contributed by atoms with Crippen molar-refractivity contribution in [3.05, 3.63) is 313 Å². The standard InChI is InChI=1S/C73H48N2/c1-3-22-50(23-4-1)54-26-7-8-27-55(54)56-28-9-10-29-57(56)62-33-14-19-39-69(62)74(71-41-21-35-64-63-34-15-20-40-70(63)75(72(64)71)52-24-5-2-6-25-52)53-45-42-49(43-46-53)51-44-47-61-60-32-13-18-38-67(60)73(68(61)48-51)65-36-16-11-30-58(65)59-31-12-17-37-66(59)73/h1-48H. The van der Waals surface area contributed by atoms with E-state index in [0.717, 1.165) is 39.4 Å². The van der Waals surface area contributed by atoms with Gasteiger partial charge in [0.1, 0.15) is 0 Å². The highest BCUT2D eigenvalue weighted by Crippen LogP contribution is 2.63. The van der Waals surface area contributed by atoms with Gasteiger partial charge in [-0.3, -0.25) is 0 Å². The number of nitrogens with zero attached hydrogens (tertiary/aromatic N) is 2. The van der Waals surface area contributed by atoms with Crippen molar-refractivity contribution in [1.82, 2.24) is 4.57 Å². The van der Waals surface area contributed by atoms with E-state index in [4.69, 9.17) is 0 Å². The first-order valence-electron chi connectivity index (χ1n) is 26.0. The minimum absolute atomic E-state index is 0.413. The first-order chi connectivity index (χ1) is 37.3. The molecule has 15 rings (SSSR count). The maximum atomic E-state index is 2.50. The highest BCUT2D eigenvalue weighted by atomic mass is 15.2. The Morgan fingerprint density at radius 3 is 1.37 bits per heavy atom. The van der Waals surface area contributed by atoms with Crippen LogP contribution in [0.25, 0.3) is 94.3 Å². The molecule has 0 atom stereocenters. The minimum atomic E-state index is -0.413. The zero-order chi connectivity index (χ0) is 49.5. The summed E-state index contributed by atoms with van der Waals surface area (Å²) >= 11 is 0. The van der Waals surface area contributed by atoms with Crippen molar-refractivity contribution in [2.75, 3.05) is 4.90 Å². The summed E-state index contributed by atoms with van der Waals surface area (Å²) in [5.74, 6) is 0. The quantitative estimate of drug-likeness (QED) is 0.147. The van der Waals surface area contributed by atoms with Crippen molar-refractivity contribution in [3.8, 4) is 72.4 Å². The molecule has 2 nitrogen and oxygen atoms in total. The lowest BCUT2D eigenvalue weighted by Crippen LogP contribution is -2.25. The predicted octanol–water partition coefficient (Wildman–Crippen LogP) is 19.3. The van der Waals surface area contributed by atoms with E-state index in [1.165, 1.54) is 94.2 Å². The van der Waals surface area contributed by atoms with Crippen molar-refractivity contribution in [2.45, 2.75) is 5.41 Å². The van der Waals surface area contributed by atoms with Gasteiger partial charge in [-0.2, -0.15) is 0 Å². The SMILES string of the molecule is c1ccc(-c2ccccc2-c2ccccc2-c2ccccc2N(c2ccc(-c3ccc4c(c3)C3(c5ccccc5-c5ccccc53)c3ccccc3-4)cc2)c2cccc3c4ccccc4n(-c4ccccc4)c23)cc1. The van der Waals surface area contributed by atoms with Crippen molar-refractivity contribution in [2.24, 2.45) is 0 Å². The summed E-state index contributed by atoms with van der Waals surface area (Å²) in [6.07, 6.45) is 0. The van der Waals surface area contributed by atoms with E-state index in [9.17, 15) is 0 Å². The average molecular weight is 953 g/mol. The Hall–Kier alpha value is -9.76. The molecule has 0 amide bonds. The maximum absolute atomic E-state index is 2.50. The smallest absolute Gasteiger partial charge is 0.0782 e. The van der Waals surface area contributed by atoms with Crippen LogP contribution in [0.15, 0.2) is 291 Å². The molecule has 1 spiro atoms. The monoisotopic (exact) mass is 952 g/mol. The fourth-order valence-corrected chi connectivity index (χ4v) is 12.9. The molecule has 75 heavy (non-hydrogen) atoms. The van der Waals surface area contributed by atoms with E-state index in [1.807, 2.05) is 0 Å². The second kappa shape index (κ2) is 17.2. The number of para-hydroxylation sites is 4. The molecule has 350 valence electrons. The number of aromatic nitrogens is 1. The summed E-state index contributed by atoms with van der Waals surface area (Å²) in [7, 11) is 0. The molecule has 0 saturated carbocycles. The van der Waals surface area contributed by atoms with Gasteiger partial charge in [0.15, 0.2) is 0 Å². The molecule has 0 bridgehead atoms. The first kappa shape index (κ1) is 42.9. The number of anilines is 3. The molecule has 0 aliphatic heterocycles. The second-order valence-corrected chi connectivity index (χ2v) is 19.9. The molecular weight excluding hydrogens is 905 g/mol. The van der Waals surface area contributed by atoms with Gasteiger partial charge in [-0.05, 0) is 132 Å². The zero-order valence-electron chi connectivity index (χ0n) is 41.1. The predicted molar refractivity (Wildman–Crippen MR) is 314 cm³/mol. The lowest BCUT2D eigenvalue weighted by Gasteiger charge is -2.31. The van der Waals surface area contributed by atoms with Crippen LogP contribution in [0.4, 0.5) is 17.1 Å². The van der Waals surface area contributed by atoms with Crippen molar-refractivity contribution in [3.63, 3.8) is 0 Å². The van der Waals surface area contributed by atoms with Gasteiger partial charge >= 0.3 is 0 Å². The van der Waals surface area contributed by atoms with Crippen molar-refractivity contribution < 1.29 is 0 Å². The fraction of sp³-hybridized carbons (Fsp3) is 0.0137. The first-order valence-corrected chi connectivity index (χ1v) is 26.0. The normalized spacial score (nSPS) is 12.6. The second-order valence-electron chi connectivity index (χ2n) is 19.9. The maximum Gasteiger partial charge on any atom is 0.0782 e. The lowest BCUT2D eigenvalue weighted by molar-refractivity contribution is 0.794. The molecule has 2 heteroatoms. The van der Waals surface area contributed by atoms with Gasteiger partial charge in [0.25, 0.3) is 0 Å². The highest BCUT2D eigenvalue weighted by Gasteiger charge is 2.51. The van der Waals surface area contributed by atoms with Crippen LogP contribution >= 0.6 is 0 Å². The summed E-state index contributed by atoms with van der Waals surface area (Å²) in [5.41, 5.74) is 26.3. The van der Waals surface area contributed by atoms with Gasteiger partial charge in [-0.15, -0.1) is 0 Å². The Kier molecular flexibility index (Phi) is 9.83.